The highest BCUT2D eigenvalue weighted by Crippen LogP contribution is 2.13. The van der Waals surface area contributed by atoms with E-state index in [0.717, 1.165) is 39.3 Å². The molecule has 2 saturated heterocycles. The molecular formula is C12H24N4O. The molecule has 5 nitrogen and oxygen atoms in total. The lowest BCUT2D eigenvalue weighted by Gasteiger charge is -2.29. The fraction of sp³-hybridized carbons (Fsp3) is 0.917. The average molecular weight is 240 g/mol. The summed E-state index contributed by atoms with van der Waals surface area (Å²) in [5, 5.41) is 3.27. The van der Waals surface area contributed by atoms with Gasteiger partial charge in [0, 0.05) is 45.3 Å². The highest BCUT2D eigenvalue weighted by Gasteiger charge is 2.27. The zero-order valence-corrected chi connectivity index (χ0v) is 11.0. The van der Waals surface area contributed by atoms with E-state index in [1.165, 1.54) is 6.42 Å². The van der Waals surface area contributed by atoms with Gasteiger partial charge in [-0.1, -0.05) is 0 Å². The van der Waals surface area contributed by atoms with E-state index in [9.17, 15) is 4.79 Å². The number of nitrogens with one attached hydrogen (secondary N) is 1. The number of hydrogen-bond acceptors (Lipinski definition) is 4. The molecule has 1 atom stereocenters. The van der Waals surface area contributed by atoms with Gasteiger partial charge in [0.1, 0.15) is 0 Å². The Labute approximate surface area is 104 Å². The molecule has 0 bridgehead atoms. The van der Waals surface area contributed by atoms with E-state index in [0.29, 0.717) is 18.5 Å². The third-order valence-corrected chi connectivity index (χ3v) is 3.81. The number of piperazine rings is 1. The molecular weight excluding hydrogens is 216 g/mol. The fourth-order valence-electron chi connectivity index (χ4n) is 2.58. The van der Waals surface area contributed by atoms with Crippen molar-refractivity contribution in [3.05, 3.63) is 0 Å². The van der Waals surface area contributed by atoms with Crippen molar-refractivity contribution >= 4 is 5.91 Å². The molecule has 5 heteroatoms. The Morgan fingerprint density at radius 3 is 2.59 bits per heavy atom. The van der Waals surface area contributed by atoms with Crippen molar-refractivity contribution < 1.29 is 4.79 Å². The number of likely N-dealkylation sites (N-methyl/N-ethyl adjacent to an activating group) is 1. The van der Waals surface area contributed by atoms with Crippen LogP contribution in [0.15, 0.2) is 0 Å². The molecule has 0 radical (unpaired) electrons. The second kappa shape index (κ2) is 5.80. The Balaban J connectivity index is 1.75. The first-order valence-corrected chi connectivity index (χ1v) is 6.54. The van der Waals surface area contributed by atoms with Crippen molar-refractivity contribution in [1.29, 1.82) is 0 Å². The number of carbonyl (C=O) groups is 1. The lowest BCUT2D eigenvalue weighted by molar-refractivity contribution is -0.132. The zero-order valence-electron chi connectivity index (χ0n) is 11.0. The van der Waals surface area contributed by atoms with Gasteiger partial charge < -0.3 is 15.1 Å². The minimum absolute atomic E-state index is 0.297. The summed E-state index contributed by atoms with van der Waals surface area (Å²) in [5.41, 5.74) is 0. The monoisotopic (exact) mass is 240 g/mol. The Hall–Kier alpha value is -0.650. The molecule has 2 heterocycles. The maximum Gasteiger partial charge on any atom is 0.236 e. The second-order valence-electron chi connectivity index (χ2n) is 5.27. The first-order chi connectivity index (χ1) is 8.16. The van der Waals surface area contributed by atoms with Crippen LogP contribution < -0.4 is 5.32 Å². The van der Waals surface area contributed by atoms with Gasteiger partial charge in [-0.15, -0.1) is 0 Å². The summed E-state index contributed by atoms with van der Waals surface area (Å²) in [6, 6.07) is 0.617. The lowest BCUT2D eigenvalue weighted by atomic mass is 10.2. The Morgan fingerprint density at radius 1 is 1.29 bits per heavy atom. The first kappa shape index (κ1) is 12.8. The van der Waals surface area contributed by atoms with Crippen molar-refractivity contribution in [2.24, 2.45) is 0 Å². The van der Waals surface area contributed by atoms with Gasteiger partial charge in [0.2, 0.25) is 5.91 Å². The standard InChI is InChI=1S/C12H24N4O/c1-14(2)11-3-6-15(9-11)10-12(17)16-7-4-13-5-8-16/h11,13H,3-10H2,1-2H3. The number of rotatable bonds is 3. The molecule has 1 unspecified atom stereocenters. The van der Waals surface area contributed by atoms with Crippen molar-refractivity contribution in [2.75, 3.05) is 59.9 Å². The van der Waals surface area contributed by atoms with Gasteiger partial charge >= 0.3 is 0 Å². The van der Waals surface area contributed by atoms with Crippen LogP contribution >= 0.6 is 0 Å². The highest BCUT2D eigenvalue weighted by molar-refractivity contribution is 5.78. The molecule has 2 aliphatic rings. The summed E-state index contributed by atoms with van der Waals surface area (Å²) in [7, 11) is 4.23. The Kier molecular flexibility index (Phi) is 4.36. The normalized spacial score (nSPS) is 26.8. The highest BCUT2D eigenvalue weighted by atomic mass is 16.2. The molecule has 0 saturated carbocycles. The predicted octanol–water partition coefficient (Wildman–Crippen LogP) is -0.946. The summed E-state index contributed by atoms with van der Waals surface area (Å²) < 4.78 is 0. The maximum atomic E-state index is 12.1. The van der Waals surface area contributed by atoms with Gasteiger partial charge in [-0.05, 0) is 20.5 Å². The van der Waals surface area contributed by atoms with E-state index >= 15 is 0 Å². The van der Waals surface area contributed by atoms with E-state index in [2.05, 4.69) is 29.2 Å². The molecule has 1 N–H and O–H groups in total. The number of nitrogens with zero attached hydrogens (tertiary/aromatic N) is 3. The van der Waals surface area contributed by atoms with Gasteiger partial charge in [-0.3, -0.25) is 9.69 Å². The van der Waals surface area contributed by atoms with Crippen molar-refractivity contribution in [3.8, 4) is 0 Å². The molecule has 1 amide bonds. The number of hydrogen-bond donors (Lipinski definition) is 1. The van der Waals surface area contributed by atoms with Crippen molar-refractivity contribution in [2.45, 2.75) is 12.5 Å². The molecule has 0 aromatic heterocycles. The lowest BCUT2D eigenvalue weighted by Crippen LogP contribution is -2.49. The van der Waals surface area contributed by atoms with E-state index in [1.807, 2.05) is 4.90 Å². The number of amides is 1. The predicted molar refractivity (Wildman–Crippen MR) is 68.0 cm³/mol. The van der Waals surface area contributed by atoms with Gasteiger partial charge in [0.05, 0.1) is 6.54 Å². The van der Waals surface area contributed by atoms with E-state index in [4.69, 9.17) is 0 Å². The van der Waals surface area contributed by atoms with Crippen LogP contribution in [0.3, 0.4) is 0 Å². The van der Waals surface area contributed by atoms with Crippen LogP contribution in [0.25, 0.3) is 0 Å². The summed E-state index contributed by atoms with van der Waals surface area (Å²) in [6.07, 6.45) is 1.18. The smallest absolute Gasteiger partial charge is 0.236 e. The van der Waals surface area contributed by atoms with E-state index in [1.54, 1.807) is 0 Å². The summed E-state index contributed by atoms with van der Waals surface area (Å²) in [4.78, 5) is 18.6. The SMILES string of the molecule is CN(C)C1CCN(CC(=O)N2CCNCC2)C1. The van der Waals surface area contributed by atoms with Gasteiger partial charge in [-0.25, -0.2) is 0 Å². The van der Waals surface area contributed by atoms with Crippen LogP contribution in [-0.2, 0) is 4.79 Å². The number of carbonyl (C=O) groups excluding carboxylic acids is 1. The van der Waals surface area contributed by atoms with Crippen LogP contribution in [0.2, 0.25) is 0 Å². The van der Waals surface area contributed by atoms with Crippen molar-refractivity contribution in [1.82, 2.24) is 20.0 Å². The molecule has 17 heavy (non-hydrogen) atoms. The quantitative estimate of drug-likeness (QED) is 0.691. The molecule has 0 aromatic rings. The van der Waals surface area contributed by atoms with E-state index in [-0.39, 0.29) is 0 Å². The minimum Gasteiger partial charge on any atom is -0.339 e. The van der Waals surface area contributed by atoms with Crippen LogP contribution in [-0.4, -0.2) is 86.6 Å². The van der Waals surface area contributed by atoms with Gasteiger partial charge in [0.25, 0.3) is 0 Å². The van der Waals surface area contributed by atoms with Crippen LogP contribution in [0.1, 0.15) is 6.42 Å². The van der Waals surface area contributed by atoms with Crippen LogP contribution in [0.5, 0.6) is 0 Å². The molecule has 2 fully saturated rings. The largest absolute Gasteiger partial charge is 0.339 e. The topological polar surface area (TPSA) is 38.8 Å². The first-order valence-electron chi connectivity index (χ1n) is 6.54. The fourth-order valence-corrected chi connectivity index (χ4v) is 2.58. The maximum absolute atomic E-state index is 12.1. The molecule has 0 aliphatic carbocycles. The van der Waals surface area contributed by atoms with Gasteiger partial charge in [0.15, 0.2) is 0 Å². The van der Waals surface area contributed by atoms with E-state index < -0.39 is 0 Å². The van der Waals surface area contributed by atoms with Crippen molar-refractivity contribution in [3.63, 3.8) is 0 Å². The average Bonchev–Trinajstić information content (AvgIpc) is 2.79. The van der Waals surface area contributed by atoms with Gasteiger partial charge in [-0.2, -0.15) is 0 Å². The number of likely N-dealkylation sites (tertiary alicyclic amines) is 1. The Bertz CT molecular complexity index is 263. The summed E-state index contributed by atoms with van der Waals surface area (Å²) >= 11 is 0. The van der Waals surface area contributed by atoms with Crippen LogP contribution in [0.4, 0.5) is 0 Å². The molecule has 0 spiro atoms. The zero-order chi connectivity index (χ0) is 12.3. The molecule has 2 rings (SSSR count). The summed E-state index contributed by atoms with van der Waals surface area (Å²) in [5.74, 6) is 0.297. The third kappa shape index (κ3) is 3.40. The molecule has 98 valence electrons. The molecule has 2 aliphatic heterocycles. The Morgan fingerprint density at radius 2 is 2.00 bits per heavy atom. The van der Waals surface area contributed by atoms with Crippen LogP contribution in [0, 0.1) is 0 Å². The minimum atomic E-state index is 0.297. The second-order valence-corrected chi connectivity index (χ2v) is 5.27. The third-order valence-electron chi connectivity index (χ3n) is 3.81. The molecule has 0 aromatic carbocycles. The summed E-state index contributed by atoms with van der Waals surface area (Å²) in [6.45, 7) is 6.29.